The monoisotopic (exact) mass is 330 g/mol. The van der Waals surface area contributed by atoms with E-state index in [1.165, 1.54) is 25.3 Å². The molecule has 0 heterocycles. The summed E-state index contributed by atoms with van der Waals surface area (Å²) in [5, 5.41) is 8.89. The minimum Gasteiger partial charge on any atom is -0.469 e. The molecule has 0 aromatic heterocycles. The van der Waals surface area contributed by atoms with Crippen LogP contribution in [0, 0.1) is 11.3 Å². The predicted octanol–water partition coefficient (Wildman–Crippen LogP) is 1.79. The lowest BCUT2D eigenvalue weighted by Crippen LogP contribution is -2.33. The van der Waals surface area contributed by atoms with Crippen molar-refractivity contribution in [2.45, 2.75) is 18.2 Å². The second-order valence-corrected chi connectivity index (χ2v) is 6.39. The quantitative estimate of drug-likeness (QED) is 0.742. The second kappa shape index (κ2) is 7.41. The van der Waals surface area contributed by atoms with Crippen LogP contribution in [0.3, 0.4) is 0 Å². The molecule has 0 atom stereocenters. The van der Waals surface area contributed by atoms with E-state index < -0.39 is 16.0 Å². The lowest BCUT2D eigenvalue weighted by molar-refractivity contribution is -0.140. The molecule has 1 aromatic carbocycles. The van der Waals surface area contributed by atoms with E-state index in [4.69, 9.17) is 16.9 Å². The van der Waals surface area contributed by atoms with Crippen molar-refractivity contribution in [1.82, 2.24) is 4.31 Å². The number of hydrogen-bond acceptors (Lipinski definition) is 5. The maximum Gasteiger partial charge on any atom is 0.306 e. The predicted molar refractivity (Wildman–Crippen MR) is 77.2 cm³/mol. The normalized spacial score (nSPS) is 11.2. The molecule has 0 radical (unpaired) electrons. The van der Waals surface area contributed by atoms with Gasteiger partial charge in [0.2, 0.25) is 10.0 Å². The van der Waals surface area contributed by atoms with Crippen molar-refractivity contribution in [3.8, 4) is 6.07 Å². The third-order valence-electron chi connectivity index (χ3n) is 2.82. The molecule has 1 rings (SSSR count). The number of esters is 1. The number of sulfonamides is 1. The Morgan fingerprint density at radius 2 is 2.14 bits per heavy atom. The third-order valence-corrected chi connectivity index (χ3v) is 5.28. The zero-order chi connectivity index (χ0) is 16.0. The van der Waals surface area contributed by atoms with Crippen molar-refractivity contribution in [3.05, 3.63) is 28.8 Å². The molecule has 0 aliphatic rings. The van der Waals surface area contributed by atoms with Crippen molar-refractivity contribution < 1.29 is 17.9 Å². The Morgan fingerprint density at radius 3 is 2.67 bits per heavy atom. The summed E-state index contributed by atoms with van der Waals surface area (Å²) in [4.78, 5) is 11.0. The second-order valence-electron chi connectivity index (χ2n) is 4.08. The van der Waals surface area contributed by atoms with Gasteiger partial charge in [-0.3, -0.25) is 4.79 Å². The highest BCUT2D eigenvalue weighted by Gasteiger charge is 2.26. The summed E-state index contributed by atoms with van der Waals surface area (Å²) in [7, 11) is -2.64. The molecule has 0 bridgehead atoms. The number of carbonyl (C=O) groups is 1. The Kier molecular flexibility index (Phi) is 6.15. The van der Waals surface area contributed by atoms with Crippen LogP contribution in [0.4, 0.5) is 0 Å². The largest absolute Gasteiger partial charge is 0.469 e. The first-order valence-electron chi connectivity index (χ1n) is 6.13. The first-order chi connectivity index (χ1) is 9.86. The maximum absolute atomic E-state index is 12.5. The molecule has 0 unspecified atom stereocenters. The van der Waals surface area contributed by atoms with E-state index in [-0.39, 0.29) is 35.0 Å². The number of nitrogens with zero attached hydrogens (tertiary/aromatic N) is 2. The van der Waals surface area contributed by atoms with Crippen LogP contribution in [0.1, 0.15) is 18.9 Å². The topological polar surface area (TPSA) is 87.5 Å². The Bertz CT molecular complexity index is 667. The van der Waals surface area contributed by atoms with Gasteiger partial charge in [0.15, 0.2) is 0 Å². The number of ether oxygens (including phenoxy) is 1. The number of halogens is 1. The SMILES string of the molecule is CCN(CCC(=O)OC)S(=O)(=O)c1cc(C#N)ccc1Cl. The minimum absolute atomic E-state index is 0.0153. The lowest BCUT2D eigenvalue weighted by atomic mass is 10.2. The van der Waals surface area contributed by atoms with Crippen molar-refractivity contribution in [2.75, 3.05) is 20.2 Å². The number of benzene rings is 1. The van der Waals surface area contributed by atoms with Crippen LogP contribution in [0.15, 0.2) is 23.1 Å². The molecule has 0 saturated carbocycles. The van der Waals surface area contributed by atoms with Gasteiger partial charge in [-0.1, -0.05) is 18.5 Å². The van der Waals surface area contributed by atoms with E-state index in [1.807, 2.05) is 6.07 Å². The van der Waals surface area contributed by atoms with Crippen molar-refractivity contribution in [3.63, 3.8) is 0 Å². The summed E-state index contributed by atoms with van der Waals surface area (Å²) >= 11 is 5.92. The fraction of sp³-hybridized carbons (Fsp3) is 0.385. The molecule has 0 N–H and O–H groups in total. The van der Waals surface area contributed by atoms with Gasteiger partial charge in [-0.2, -0.15) is 9.57 Å². The van der Waals surface area contributed by atoms with Crippen LogP contribution in [0.25, 0.3) is 0 Å². The standard InChI is InChI=1S/C13H15ClN2O4S/c1-3-16(7-6-13(17)20-2)21(18,19)12-8-10(9-15)4-5-11(12)14/h4-5,8H,3,6-7H2,1-2H3. The van der Waals surface area contributed by atoms with Gasteiger partial charge in [0.25, 0.3) is 0 Å². The van der Waals surface area contributed by atoms with Gasteiger partial charge in [-0.15, -0.1) is 0 Å². The Hall–Kier alpha value is -1.62. The zero-order valence-electron chi connectivity index (χ0n) is 11.7. The molecular weight excluding hydrogens is 316 g/mol. The van der Waals surface area contributed by atoms with Gasteiger partial charge in [0.05, 0.1) is 30.2 Å². The smallest absolute Gasteiger partial charge is 0.306 e. The Balaban J connectivity index is 3.13. The molecular formula is C13H15ClN2O4S. The summed E-state index contributed by atoms with van der Waals surface area (Å²) in [5.41, 5.74) is 0.196. The molecule has 0 aliphatic heterocycles. The summed E-state index contributed by atoms with van der Waals surface area (Å²) in [6.45, 7) is 1.81. The van der Waals surface area contributed by atoms with Gasteiger partial charge in [0, 0.05) is 13.1 Å². The lowest BCUT2D eigenvalue weighted by Gasteiger charge is -2.20. The van der Waals surface area contributed by atoms with Crippen molar-refractivity contribution in [1.29, 1.82) is 5.26 Å². The number of hydrogen-bond donors (Lipinski definition) is 0. The molecule has 114 valence electrons. The highest BCUT2D eigenvalue weighted by molar-refractivity contribution is 7.89. The van der Waals surface area contributed by atoms with Gasteiger partial charge < -0.3 is 4.74 Å². The van der Waals surface area contributed by atoms with E-state index in [0.717, 1.165) is 4.31 Å². The van der Waals surface area contributed by atoms with Crippen molar-refractivity contribution >= 4 is 27.6 Å². The van der Waals surface area contributed by atoms with Crippen LogP contribution in [0.2, 0.25) is 5.02 Å². The maximum atomic E-state index is 12.5. The van der Waals surface area contributed by atoms with Crippen LogP contribution in [-0.4, -0.2) is 38.9 Å². The van der Waals surface area contributed by atoms with Crippen LogP contribution in [-0.2, 0) is 19.6 Å². The molecule has 1 aromatic rings. The van der Waals surface area contributed by atoms with Gasteiger partial charge in [-0.25, -0.2) is 8.42 Å². The molecule has 0 aliphatic carbocycles. The Labute approximate surface area is 128 Å². The van der Waals surface area contributed by atoms with Crippen LogP contribution >= 0.6 is 11.6 Å². The minimum atomic E-state index is -3.88. The number of nitriles is 1. The van der Waals surface area contributed by atoms with E-state index in [9.17, 15) is 13.2 Å². The fourth-order valence-electron chi connectivity index (χ4n) is 1.68. The van der Waals surface area contributed by atoms with Gasteiger partial charge in [-0.05, 0) is 18.2 Å². The highest BCUT2D eigenvalue weighted by Crippen LogP contribution is 2.25. The fourth-order valence-corrected chi connectivity index (χ4v) is 3.63. The van der Waals surface area contributed by atoms with E-state index in [0.29, 0.717) is 0 Å². The van der Waals surface area contributed by atoms with Crippen molar-refractivity contribution in [2.24, 2.45) is 0 Å². The molecule has 0 saturated heterocycles. The molecule has 0 fully saturated rings. The van der Waals surface area contributed by atoms with Gasteiger partial charge in [0.1, 0.15) is 4.90 Å². The van der Waals surface area contributed by atoms with Crippen LogP contribution in [0.5, 0.6) is 0 Å². The molecule has 6 nitrogen and oxygen atoms in total. The zero-order valence-corrected chi connectivity index (χ0v) is 13.2. The average molecular weight is 331 g/mol. The number of rotatable bonds is 6. The molecule has 0 spiro atoms. The first-order valence-corrected chi connectivity index (χ1v) is 7.95. The Morgan fingerprint density at radius 1 is 1.48 bits per heavy atom. The summed E-state index contributed by atoms with van der Waals surface area (Å²) in [6, 6.07) is 5.89. The van der Waals surface area contributed by atoms with E-state index in [2.05, 4.69) is 4.74 Å². The summed E-state index contributed by atoms with van der Waals surface area (Å²) in [6.07, 6.45) is -0.0564. The number of methoxy groups -OCH3 is 1. The first kappa shape index (κ1) is 17.4. The molecule has 21 heavy (non-hydrogen) atoms. The molecule has 0 amide bonds. The number of carbonyl (C=O) groups excluding carboxylic acids is 1. The van der Waals surface area contributed by atoms with E-state index >= 15 is 0 Å². The summed E-state index contributed by atoms with van der Waals surface area (Å²) < 4.78 is 30.7. The molecule has 8 heteroatoms. The van der Waals surface area contributed by atoms with Gasteiger partial charge >= 0.3 is 5.97 Å². The van der Waals surface area contributed by atoms with E-state index in [1.54, 1.807) is 6.92 Å². The highest BCUT2D eigenvalue weighted by atomic mass is 35.5. The summed E-state index contributed by atoms with van der Waals surface area (Å²) in [5.74, 6) is -0.500. The average Bonchev–Trinajstić information content (AvgIpc) is 2.47. The van der Waals surface area contributed by atoms with Crippen LogP contribution < -0.4 is 0 Å². The third kappa shape index (κ3) is 4.17.